The summed E-state index contributed by atoms with van der Waals surface area (Å²) in [5.41, 5.74) is 0. The lowest BCUT2D eigenvalue weighted by Crippen LogP contribution is -2.27. The first-order chi connectivity index (χ1) is 5.38. The standard InChI is InChI=1S/C7H11F3O2/c1-3-6(7(8,9)10)4-12-5(2)11/h6H,3-4H2,1-2H3. The van der Waals surface area contributed by atoms with Crippen LogP contribution in [0.4, 0.5) is 13.2 Å². The van der Waals surface area contributed by atoms with Gasteiger partial charge in [0.25, 0.3) is 0 Å². The third kappa shape index (κ3) is 4.20. The van der Waals surface area contributed by atoms with Crippen molar-refractivity contribution < 1.29 is 22.7 Å². The molecule has 5 heteroatoms. The zero-order valence-electron chi connectivity index (χ0n) is 6.94. The number of alkyl halides is 3. The van der Waals surface area contributed by atoms with E-state index in [2.05, 4.69) is 4.74 Å². The summed E-state index contributed by atoms with van der Waals surface area (Å²) in [6.45, 7) is 1.92. The lowest BCUT2D eigenvalue weighted by molar-refractivity contribution is -0.190. The first-order valence-corrected chi connectivity index (χ1v) is 3.58. The van der Waals surface area contributed by atoms with Crippen LogP contribution in [0.1, 0.15) is 20.3 Å². The van der Waals surface area contributed by atoms with Crippen LogP contribution in [0.3, 0.4) is 0 Å². The third-order valence-corrected chi connectivity index (χ3v) is 1.44. The van der Waals surface area contributed by atoms with E-state index in [0.717, 1.165) is 6.92 Å². The molecule has 0 rings (SSSR count). The van der Waals surface area contributed by atoms with E-state index in [1.165, 1.54) is 6.92 Å². The van der Waals surface area contributed by atoms with Gasteiger partial charge in [0.2, 0.25) is 0 Å². The Morgan fingerprint density at radius 2 is 2.00 bits per heavy atom. The minimum absolute atomic E-state index is 0.0726. The highest BCUT2D eigenvalue weighted by Gasteiger charge is 2.38. The van der Waals surface area contributed by atoms with Gasteiger partial charge in [0, 0.05) is 6.92 Å². The molecule has 1 unspecified atom stereocenters. The van der Waals surface area contributed by atoms with Crippen LogP contribution in [0.25, 0.3) is 0 Å². The number of hydrogen-bond acceptors (Lipinski definition) is 2. The fourth-order valence-electron chi connectivity index (χ4n) is 0.662. The summed E-state index contributed by atoms with van der Waals surface area (Å²) in [5.74, 6) is -2.22. The SMILES string of the molecule is CCC(COC(C)=O)C(F)(F)F. The minimum Gasteiger partial charge on any atom is -0.465 e. The molecule has 0 bridgehead atoms. The fourth-order valence-corrected chi connectivity index (χ4v) is 0.662. The highest BCUT2D eigenvalue weighted by atomic mass is 19.4. The molecule has 0 radical (unpaired) electrons. The molecule has 0 amide bonds. The maximum absolute atomic E-state index is 12.0. The number of ether oxygens (including phenoxy) is 1. The Hall–Kier alpha value is -0.740. The average molecular weight is 184 g/mol. The molecule has 0 aromatic rings. The molecular formula is C7H11F3O2. The molecule has 0 spiro atoms. The first kappa shape index (κ1) is 11.3. The summed E-state index contributed by atoms with van der Waals surface area (Å²) in [5, 5.41) is 0. The summed E-state index contributed by atoms with van der Waals surface area (Å²) >= 11 is 0. The lowest BCUT2D eigenvalue weighted by atomic mass is 10.1. The van der Waals surface area contributed by atoms with Gasteiger partial charge in [0.1, 0.15) is 6.61 Å². The van der Waals surface area contributed by atoms with Gasteiger partial charge < -0.3 is 4.74 Å². The molecule has 0 heterocycles. The predicted octanol–water partition coefficient (Wildman–Crippen LogP) is 2.14. The summed E-state index contributed by atoms with van der Waals surface area (Å²) < 4.78 is 40.2. The molecule has 2 nitrogen and oxygen atoms in total. The van der Waals surface area contributed by atoms with E-state index in [1.807, 2.05) is 0 Å². The Morgan fingerprint density at radius 3 is 2.25 bits per heavy atom. The van der Waals surface area contributed by atoms with Crippen molar-refractivity contribution in [1.29, 1.82) is 0 Å². The van der Waals surface area contributed by atoms with Crippen LogP contribution < -0.4 is 0 Å². The zero-order chi connectivity index (χ0) is 9.78. The second-order valence-corrected chi connectivity index (χ2v) is 2.45. The molecule has 0 saturated carbocycles. The molecule has 1 atom stereocenters. The van der Waals surface area contributed by atoms with Crippen LogP contribution in [0, 0.1) is 5.92 Å². The molecule has 0 saturated heterocycles. The summed E-state index contributed by atoms with van der Waals surface area (Å²) in [6.07, 6.45) is -4.35. The zero-order valence-corrected chi connectivity index (χ0v) is 6.94. The Morgan fingerprint density at radius 1 is 1.50 bits per heavy atom. The highest BCUT2D eigenvalue weighted by molar-refractivity contribution is 5.65. The van der Waals surface area contributed by atoms with E-state index in [4.69, 9.17) is 0 Å². The van der Waals surface area contributed by atoms with Crippen LogP contribution in [-0.2, 0) is 9.53 Å². The van der Waals surface area contributed by atoms with E-state index in [0.29, 0.717) is 0 Å². The quantitative estimate of drug-likeness (QED) is 0.628. The molecule has 0 aromatic carbocycles. The Bertz CT molecular complexity index is 153. The van der Waals surface area contributed by atoms with Gasteiger partial charge in [-0.05, 0) is 6.42 Å². The van der Waals surface area contributed by atoms with Crippen LogP contribution in [0.2, 0.25) is 0 Å². The molecule has 72 valence electrons. The molecule has 0 aromatic heterocycles. The molecule has 0 fully saturated rings. The third-order valence-electron chi connectivity index (χ3n) is 1.44. The normalized spacial score (nSPS) is 14.1. The topological polar surface area (TPSA) is 26.3 Å². The monoisotopic (exact) mass is 184 g/mol. The van der Waals surface area contributed by atoms with Gasteiger partial charge in [-0.3, -0.25) is 4.79 Å². The van der Waals surface area contributed by atoms with Crippen LogP contribution >= 0.6 is 0 Å². The molecular weight excluding hydrogens is 173 g/mol. The summed E-state index contributed by atoms with van der Waals surface area (Å²) in [4.78, 5) is 10.2. The maximum atomic E-state index is 12.0. The van der Waals surface area contributed by atoms with Crippen LogP contribution in [0.5, 0.6) is 0 Å². The average Bonchev–Trinajstić information content (AvgIpc) is 1.85. The van der Waals surface area contributed by atoms with Gasteiger partial charge in [-0.1, -0.05) is 6.92 Å². The van der Waals surface area contributed by atoms with Crippen molar-refractivity contribution in [2.45, 2.75) is 26.4 Å². The number of esters is 1. The van der Waals surface area contributed by atoms with Gasteiger partial charge in [0.15, 0.2) is 0 Å². The van der Waals surface area contributed by atoms with E-state index >= 15 is 0 Å². The van der Waals surface area contributed by atoms with E-state index in [1.54, 1.807) is 0 Å². The van der Waals surface area contributed by atoms with Gasteiger partial charge in [-0.2, -0.15) is 13.2 Å². The van der Waals surface area contributed by atoms with Crippen molar-refractivity contribution in [2.75, 3.05) is 6.61 Å². The second kappa shape index (κ2) is 4.33. The van der Waals surface area contributed by atoms with Crippen molar-refractivity contribution in [3.8, 4) is 0 Å². The number of carbonyl (C=O) groups is 1. The Labute approximate surface area is 68.7 Å². The van der Waals surface area contributed by atoms with Crippen LogP contribution in [-0.4, -0.2) is 18.8 Å². The van der Waals surface area contributed by atoms with Crippen LogP contribution in [0.15, 0.2) is 0 Å². The molecule has 0 aliphatic heterocycles. The summed E-state index contributed by atoms with van der Waals surface area (Å²) in [6, 6.07) is 0. The van der Waals surface area contributed by atoms with Crippen molar-refractivity contribution >= 4 is 5.97 Å². The van der Waals surface area contributed by atoms with Gasteiger partial charge >= 0.3 is 12.1 Å². The first-order valence-electron chi connectivity index (χ1n) is 3.58. The predicted molar refractivity (Wildman–Crippen MR) is 36.5 cm³/mol. The van der Waals surface area contributed by atoms with Crippen molar-refractivity contribution in [3.63, 3.8) is 0 Å². The number of carbonyl (C=O) groups excluding carboxylic acids is 1. The van der Waals surface area contributed by atoms with Crippen molar-refractivity contribution in [2.24, 2.45) is 5.92 Å². The second-order valence-electron chi connectivity index (χ2n) is 2.45. The highest BCUT2D eigenvalue weighted by Crippen LogP contribution is 2.28. The number of hydrogen-bond donors (Lipinski definition) is 0. The maximum Gasteiger partial charge on any atom is 0.395 e. The molecule has 0 aliphatic rings. The number of rotatable bonds is 3. The minimum atomic E-state index is -4.27. The van der Waals surface area contributed by atoms with Crippen molar-refractivity contribution in [3.05, 3.63) is 0 Å². The number of halogens is 3. The van der Waals surface area contributed by atoms with Gasteiger partial charge in [-0.15, -0.1) is 0 Å². The smallest absolute Gasteiger partial charge is 0.395 e. The van der Waals surface area contributed by atoms with E-state index in [-0.39, 0.29) is 6.42 Å². The Kier molecular flexibility index (Phi) is 4.06. The fraction of sp³-hybridized carbons (Fsp3) is 0.857. The largest absolute Gasteiger partial charge is 0.465 e. The summed E-state index contributed by atoms with van der Waals surface area (Å²) in [7, 11) is 0. The van der Waals surface area contributed by atoms with Gasteiger partial charge in [-0.25, -0.2) is 0 Å². The Balaban J connectivity index is 3.92. The van der Waals surface area contributed by atoms with Crippen molar-refractivity contribution in [1.82, 2.24) is 0 Å². The molecule has 12 heavy (non-hydrogen) atoms. The van der Waals surface area contributed by atoms with E-state index in [9.17, 15) is 18.0 Å². The van der Waals surface area contributed by atoms with E-state index < -0.39 is 24.7 Å². The molecule has 0 aliphatic carbocycles. The van der Waals surface area contributed by atoms with Gasteiger partial charge in [0.05, 0.1) is 5.92 Å². The lowest BCUT2D eigenvalue weighted by Gasteiger charge is -2.17. The molecule has 0 N–H and O–H groups in total.